The Bertz CT molecular complexity index is 895. The fraction of sp³-hybridized carbons (Fsp3) is 0.364. The van der Waals surface area contributed by atoms with Gasteiger partial charge in [-0.05, 0) is 62.1 Å². The van der Waals surface area contributed by atoms with Crippen LogP contribution >= 0.6 is 0 Å². The van der Waals surface area contributed by atoms with E-state index >= 15 is 0 Å². The van der Waals surface area contributed by atoms with Gasteiger partial charge in [0.2, 0.25) is 5.91 Å². The summed E-state index contributed by atoms with van der Waals surface area (Å²) in [5.74, 6) is -0.597. The summed E-state index contributed by atoms with van der Waals surface area (Å²) in [6.07, 6.45) is 5.56. The molecule has 1 fully saturated rings. The highest BCUT2D eigenvalue weighted by Gasteiger charge is 2.27. The van der Waals surface area contributed by atoms with Gasteiger partial charge in [0.1, 0.15) is 5.69 Å². The Morgan fingerprint density at radius 3 is 2.41 bits per heavy atom. The topological polar surface area (TPSA) is 91.4 Å². The van der Waals surface area contributed by atoms with Crippen LogP contribution in [0.1, 0.15) is 60.4 Å². The number of anilines is 2. The van der Waals surface area contributed by atoms with Gasteiger partial charge in [-0.3, -0.25) is 19.4 Å². The second-order valence-corrected chi connectivity index (χ2v) is 7.20. The molecule has 1 aromatic heterocycles. The third-order valence-electron chi connectivity index (χ3n) is 5.06. The predicted molar refractivity (Wildman–Crippen MR) is 112 cm³/mol. The highest BCUT2D eigenvalue weighted by atomic mass is 16.2. The molecule has 1 aromatic carbocycles. The van der Waals surface area contributed by atoms with Gasteiger partial charge in [-0.1, -0.05) is 6.92 Å². The van der Waals surface area contributed by atoms with E-state index in [9.17, 15) is 14.4 Å². The quantitative estimate of drug-likeness (QED) is 0.809. The summed E-state index contributed by atoms with van der Waals surface area (Å²) in [6, 6.07) is 10.2. The van der Waals surface area contributed by atoms with Gasteiger partial charge in [-0.15, -0.1) is 0 Å². The van der Waals surface area contributed by atoms with Gasteiger partial charge in [0.15, 0.2) is 0 Å². The molecule has 2 N–H and O–H groups in total. The van der Waals surface area contributed by atoms with E-state index in [0.29, 0.717) is 22.6 Å². The number of benzene rings is 1. The van der Waals surface area contributed by atoms with Gasteiger partial charge in [0.05, 0.1) is 0 Å². The van der Waals surface area contributed by atoms with E-state index in [-0.39, 0.29) is 23.8 Å². The van der Waals surface area contributed by atoms with E-state index in [1.54, 1.807) is 36.4 Å². The summed E-state index contributed by atoms with van der Waals surface area (Å²) in [4.78, 5) is 42.7. The summed E-state index contributed by atoms with van der Waals surface area (Å²) in [5, 5.41) is 5.47. The second kappa shape index (κ2) is 9.32. The summed E-state index contributed by atoms with van der Waals surface area (Å²) in [5.41, 5.74) is 1.91. The summed E-state index contributed by atoms with van der Waals surface area (Å²) in [6.45, 7) is 4.26. The predicted octanol–water partition coefficient (Wildman–Crippen LogP) is 3.70. The molecule has 2 heterocycles. The third-order valence-corrected chi connectivity index (χ3v) is 5.06. The van der Waals surface area contributed by atoms with Crippen molar-refractivity contribution in [3.63, 3.8) is 0 Å². The lowest BCUT2D eigenvalue weighted by atomic mass is 9.99. The van der Waals surface area contributed by atoms with Crippen LogP contribution < -0.4 is 10.6 Å². The number of pyridine rings is 1. The Hall–Kier alpha value is -3.22. The largest absolute Gasteiger partial charge is 0.334 e. The number of amides is 3. The van der Waals surface area contributed by atoms with Crippen LogP contribution in [0.5, 0.6) is 0 Å². The maximum absolute atomic E-state index is 12.9. The van der Waals surface area contributed by atoms with Crippen LogP contribution in [-0.2, 0) is 4.79 Å². The molecule has 0 radical (unpaired) electrons. The number of piperidine rings is 1. The molecule has 2 aromatic rings. The van der Waals surface area contributed by atoms with Crippen molar-refractivity contribution >= 4 is 29.1 Å². The molecule has 1 aliphatic rings. The summed E-state index contributed by atoms with van der Waals surface area (Å²) >= 11 is 0. The first-order valence-corrected chi connectivity index (χ1v) is 9.94. The molecule has 1 atom stereocenters. The van der Waals surface area contributed by atoms with Crippen molar-refractivity contribution in [1.82, 2.24) is 9.88 Å². The zero-order chi connectivity index (χ0) is 20.8. The molecule has 1 aliphatic heterocycles. The molecule has 1 unspecified atom stereocenters. The summed E-state index contributed by atoms with van der Waals surface area (Å²) in [7, 11) is 0. The molecule has 7 nitrogen and oxygen atoms in total. The van der Waals surface area contributed by atoms with Crippen molar-refractivity contribution in [3.05, 3.63) is 53.9 Å². The summed E-state index contributed by atoms with van der Waals surface area (Å²) < 4.78 is 0. The molecule has 152 valence electrons. The molecule has 7 heteroatoms. The lowest BCUT2D eigenvalue weighted by molar-refractivity contribution is -0.114. The van der Waals surface area contributed by atoms with E-state index in [0.717, 1.165) is 32.2 Å². The van der Waals surface area contributed by atoms with Crippen molar-refractivity contribution in [2.75, 3.05) is 17.2 Å². The molecule has 0 bridgehead atoms. The highest BCUT2D eigenvalue weighted by Crippen LogP contribution is 2.22. The van der Waals surface area contributed by atoms with Crippen molar-refractivity contribution in [2.45, 2.75) is 45.6 Å². The van der Waals surface area contributed by atoms with Crippen LogP contribution in [0.2, 0.25) is 0 Å². The number of rotatable bonds is 5. The van der Waals surface area contributed by atoms with Crippen LogP contribution in [0.25, 0.3) is 0 Å². The number of hydrogen-bond acceptors (Lipinski definition) is 4. The van der Waals surface area contributed by atoms with Gasteiger partial charge < -0.3 is 15.5 Å². The smallest absolute Gasteiger partial charge is 0.272 e. The lowest BCUT2D eigenvalue weighted by Gasteiger charge is -2.35. The lowest BCUT2D eigenvalue weighted by Crippen LogP contribution is -2.43. The molecule has 1 saturated heterocycles. The fourth-order valence-corrected chi connectivity index (χ4v) is 3.57. The number of aromatic nitrogens is 1. The molecule has 3 amide bonds. The molecule has 0 aliphatic carbocycles. The van der Waals surface area contributed by atoms with Crippen LogP contribution in [0, 0.1) is 0 Å². The molecule has 3 rings (SSSR count). The van der Waals surface area contributed by atoms with E-state index in [1.165, 1.54) is 13.1 Å². The first-order valence-electron chi connectivity index (χ1n) is 9.94. The number of likely N-dealkylation sites (tertiary alicyclic amines) is 1. The Morgan fingerprint density at radius 2 is 1.76 bits per heavy atom. The maximum Gasteiger partial charge on any atom is 0.272 e. The zero-order valence-electron chi connectivity index (χ0n) is 16.8. The van der Waals surface area contributed by atoms with E-state index in [2.05, 4.69) is 22.5 Å². The average molecular weight is 394 g/mol. The minimum Gasteiger partial charge on any atom is -0.334 e. The van der Waals surface area contributed by atoms with E-state index in [1.807, 2.05) is 4.90 Å². The first kappa shape index (κ1) is 20.5. The molecule has 0 spiro atoms. The highest BCUT2D eigenvalue weighted by molar-refractivity contribution is 6.05. The van der Waals surface area contributed by atoms with Gasteiger partial charge >= 0.3 is 0 Å². The Labute approximate surface area is 170 Å². The zero-order valence-corrected chi connectivity index (χ0v) is 16.8. The Morgan fingerprint density at radius 1 is 1.07 bits per heavy atom. The van der Waals surface area contributed by atoms with Crippen molar-refractivity contribution in [1.29, 1.82) is 0 Å². The van der Waals surface area contributed by atoms with Gasteiger partial charge in [0.25, 0.3) is 11.8 Å². The minimum atomic E-state index is -0.320. The Balaban J connectivity index is 1.70. The van der Waals surface area contributed by atoms with Crippen LogP contribution in [0.3, 0.4) is 0 Å². The maximum atomic E-state index is 12.9. The van der Waals surface area contributed by atoms with Crippen LogP contribution in [0.4, 0.5) is 11.4 Å². The average Bonchev–Trinajstić information content (AvgIpc) is 2.74. The first-order chi connectivity index (χ1) is 14.0. The monoisotopic (exact) mass is 394 g/mol. The Kier molecular flexibility index (Phi) is 6.59. The van der Waals surface area contributed by atoms with Gasteiger partial charge in [0, 0.05) is 42.6 Å². The minimum absolute atomic E-state index is 0.120. The molecule has 0 saturated carbocycles. The van der Waals surface area contributed by atoms with Crippen LogP contribution in [0.15, 0.2) is 42.6 Å². The number of hydrogen-bond donors (Lipinski definition) is 2. The van der Waals surface area contributed by atoms with Gasteiger partial charge in [-0.25, -0.2) is 0 Å². The number of carbonyl (C=O) groups is 3. The normalized spacial score (nSPS) is 16.2. The standard InChI is InChI=1S/C22H26N4O3/c1-3-19-6-4-5-13-26(19)22(29)20-14-16(11-12-23-20)21(28)25-18-9-7-17(8-10-18)24-15(2)27/h7-12,14,19H,3-6,13H2,1-2H3,(H,24,27)(H,25,28). The van der Waals surface area contributed by atoms with E-state index in [4.69, 9.17) is 0 Å². The third kappa shape index (κ3) is 5.19. The molecule has 29 heavy (non-hydrogen) atoms. The molecular weight excluding hydrogens is 368 g/mol. The van der Waals surface area contributed by atoms with Crippen LogP contribution in [-0.4, -0.2) is 40.2 Å². The SMILES string of the molecule is CCC1CCCCN1C(=O)c1cc(C(=O)Nc2ccc(NC(C)=O)cc2)ccn1. The van der Waals surface area contributed by atoms with Gasteiger partial charge in [-0.2, -0.15) is 0 Å². The fourth-order valence-electron chi connectivity index (χ4n) is 3.57. The van der Waals surface area contributed by atoms with E-state index < -0.39 is 0 Å². The van der Waals surface area contributed by atoms with Crippen molar-refractivity contribution < 1.29 is 14.4 Å². The van der Waals surface area contributed by atoms with Crippen molar-refractivity contribution in [3.8, 4) is 0 Å². The number of nitrogens with zero attached hydrogens (tertiary/aromatic N) is 2. The number of nitrogens with one attached hydrogen (secondary N) is 2. The molecular formula is C22H26N4O3. The number of carbonyl (C=O) groups excluding carboxylic acids is 3. The van der Waals surface area contributed by atoms with Crippen molar-refractivity contribution in [2.24, 2.45) is 0 Å². The second-order valence-electron chi connectivity index (χ2n) is 7.20.